The highest BCUT2D eigenvalue weighted by Gasteiger charge is 2.24. The molecule has 0 atom stereocenters. The van der Waals surface area contributed by atoms with Gasteiger partial charge in [0.25, 0.3) is 10.9 Å². The fourth-order valence-corrected chi connectivity index (χ4v) is 1.85. The summed E-state index contributed by atoms with van der Waals surface area (Å²) < 4.78 is 0. The van der Waals surface area contributed by atoms with Crippen molar-refractivity contribution in [3.8, 4) is 0 Å². The molecular formula is C14H26N2O2. The van der Waals surface area contributed by atoms with E-state index >= 15 is 0 Å². The van der Waals surface area contributed by atoms with Crippen molar-refractivity contribution in [3.05, 3.63) is 20.4 Å². The summed E-state index contributed by atoms with van der Waals surface area (Å²) >= 11 is 0. The van der Waals surface area contributed by atoms with E-state index in [4.69, 9.17) is 0 Å². The Bertz CT molecular complexity index is 417. The zero-order valence-electron chi connectivity index (χ0n) is 12.5. The molecule has 0 aliphatic heterocycles. The average Bonchev–Trinajstić information content (AvgIpc) is 2.36. The Hall–Kier alpha value is -1.32. The fourth-order valence-electron chi connectivity index (χ4n) is 1.85. The maximum Gasteiger partial charge on any atom is 0.253 e. The van der Waals surface area contributed by atoms with Gasteiger partial charge in [-0.3, -0.25) is 9.59 Å². The third-order valence-corrected chi connectivity index (χ3v) is 2.79. The summed E-state index contributed by atoms with van der Waals surface area (Å²) in [5.41, 5.74) is 0.417. The summed E-state index contributed by atoms with van der Waals surface area (Å²) in [4.78, 5) is 26.5. The van der Waals surface area contributed by atoms with Crippen molar-refractivity contribution in [2.24, 2.45) is 0 Å². The second kappa shape index (κ2) is 7.90. The van der Waals surface area contributed by atoms with E-state index < -0.39 is 0 Å². The molecule has 104 valence electrons. The van der Waals surface area contributed by atoms with Crippen LogP contribution in [0.1, 0.15) is 40.0 Å². The number of unbranched alkanes of at least 4 members (excludes halogenated alkanes) is 2. The van der Waals surface area contributed by atoms with Crippen LogP contribution in [0, 0.1) is 0 Å². The van der Waals surface area contributed by atoms with Crippen LogP contribution in [0.4, 0.5) is 11.4 Å². The lowest BCUT2D eigenvalue weighted by Gasteiger charge is -2.26. The van der Waals surface area contributed by atoms with Gasteiger partial charge in [-0.1, -0.05) is 33.6 Å². The Morgan fingerprint density at radius 3 is 1.83 bits per heavy atom. The highest BCUT2D eigenvalue weighted by molar-refractivity contribution is 5.75. The Labute approximate surface area is 110 Å². The monoisotopic (exact) mass is 254 g/mol. The van der Waals surface area contributed by atoms with E-state index in [1.165, 1.54) is 0 Å². The first-order valence-corrected chi connectivity index (χ1v) is 6.72. The topological polar surface area (TPSA) is 40.6 Å². The van der Waals surface area contributed by atoms with Crippen molar-refractivity contribution in [3.63, 3.8) is 0 Å². The summed E-state index contributed by atoms with van der Waals surface area (Å²) in [6.45, 7) is 6.97. The third-order valence-electron chi connectivity index (χ3n) is 2.79. The van der Waals surface area contributed by atoms with E-state index in [0.717, 1.165) is 25.8 Å². The van der Waals surface area contributed by atoms with Crippen LogP contribution in [-0.2, 0) is 0 Å². The molecule has 0 amide bonds. The van der Waals surface area contributed by atoms with Crippen molar-refractivity contribution in [2.75, 3.05) is 37.5 Å². The number of nitrogens with zero attached hydrogens (tertiary/aromatic N) is 2. The molecule has 4 heteroatoms. The summed E-state index contributed by atoms with van der Waals surface area (Å²) in [6.07, 6.45) is 3.36. The molecule has 0 bridgehead atoms. The lowest BCUT2D eigenvalue weighted by molar-refractivity contribution is 0.702. The fraction of sp³-hybridized carbons (Fsp3) is 0.714. The predicted molar refractivity (Wildman–Crippen MR) is 79.8 cm³/mol. The molecule has 0 heterocycles. The first-order valence-electron chi connectivity index (χ1n) is 6.72. The Morgan fingerprint density at radius 1 is 0.889 bits per heavy atom. The van der Waals surface area contributed by atoms with Crippen LogP contribution in [0.25, 0.3) is 0 Å². The minimum Gasteiger partial charge on any atom is -0.373 e. The molecule has 0 aliphatic carbocycles. The highest BCUT2D eigenvalue weighted by atomic mass is 16.2. The van der Waals surface area contributed by atoms with Crippen molar-refractivity contribution in [1.82, 2.24) is 0 Å². The Morgan fingerprint density at radius 2 is 1.39 bits per heavy atom. The van der Waals surface area contributed by atoms with Crippen LogP contribution in [-0.4, -0.2) is 27.7 Å². The van der Waals surface area contributed by atoms with Gasteiger partial charge in [0.05, 0.1) is 0 Å². The van der Waals surface area contributed by atoms with Crippen LogP contribution in [0.3, 0.4) is 0 Å². The summed E-state index contributed by atoms with van der Waals surface area (Å²) in [6, 6.07) is 0. The molecule has 0 spiro atoms. The minimum absolute atomic E-state index is 0.345. The van der Waals surface area contributed by atoms with Gasteiger partial charge in [0.15, 0.2) is 0 Å². The van der Waals surface area contributed by atoms with Gasteiger partial charge >= 0.3 is 0 Å². The maximum absolute atomic E-state index is 11.5. The van der Waals surface area contributed by atoms with Crippen molar-refractivity contribution in [2.45, 2.75) is 40.0 Å². The number of rotatable bonds is 6. The Balaban J connectivity index is 0.00000137. The lowest BCUT2D eigenvalue weighted by atomic mass is 10.1. The lowest BCUT2D eigenvalue weighted by Crippen LogP contribution is -2.43. The van der Waals surface area contributed by atoms with E-state index in [1.807, 2.05) is 25.8 Å². The van der Waals surface area contributed by atoms with Crippen LogP contribution >= 0.6 is 0 Å². The first kappa shape index (κ1) is 16.7. The molecule has 4 nitrogen and oxygen atoms in total. The van der Waals surface area contributed by atoms with E-state index in [-0.39, 0.29) is 10.9 Å². The molecular weight excluding hydrogens is 228 g/mol. The van der Waals surface area contributed by atoms with Crippen LogP contribution < -0.4 is 20.7 Å². The quantitative estimate of drug-likeness (QED) is 0.575. The molecule has 0 saturated carbocycles. The predicted octanol–water partition coefficient (Wildman–Crippen LogP) is 2.00. The molecule has 0 aromatic heterocycles. The normalized spacial score (nSPS) is 9.89. The summed E-state index contributed by atoms with van der Waals surface area (Å²) in [5.74, 6) is 0. The standard InChI is InChI=1S/C12H20N2O2.C2H6/c1-5-6-7-8-14(4)10-9(13(2)3)11(15)12(10)16;1-2/h5-8H2,1-4H3;1-2H3. The van der Waals surface area contributed by atoms with E-state index in [9.17, 15) is 9.59 Å². The van der Waals surface area contributed by atoms with E-state index in [2.05, 4.69) is 6.92 Å². The number of hydrogen-bond donors (Lipinski definition) is 0. The molecule has 1 aromatic rings. The minimum atomic E-state index is -0.359. The maximum atomic E-state index is 11.5. The van der Waals surface area contributed by atoms with E-state index in [0.29, 0.717) is 11.4 Å². The van der Waals surface area contributed by atoms with Gasteiger partial charge in [0.2, 0.25) is 0 Å². The van der Waals surface area contributed by atoms with Gasteiger partial charge in [0.1, 0.15) is 11.4 Å². The van der Waals surface area contributed by atoms with Gasteiger partial charge in [-0.05, 0) is 6.42 Å². The number of anilines is 2. The van der Waals surface area contributed by atoms with Crippen molar-refractivity contribution < 1.29 is 0 Å². The summed E-state index contributed by atoms with van der Waals surface area (Å²) in [5, 5.41) is 0. The molecule has 0 N–H and O–H groups in total. The zero-order valence-corrected chi connectivity index (χ0v) is 12.5. The smallest absolute Gasteiger partial charge is 0.253 e. The highest BCUT2D eigenvalue weighted by Crippen LogP contribution is 2.21. The van der Waals surface area contributed by atoms with Crippen LogP contribution in [0.15, 0.2) is 9.59 Å². The van der Waals surface area contributed by atoms with E-state index in [1.54, 1.807) is 19.0 Å². The molecule has 0 saturated heterocycles. The SMILES string of the molecule is CC.CCCCCN(C)c1c(N(C)C)c(=O)c1=O. The molecule has 0 radical (unpaired) electrons. The molecule has 0 unspecified atom stereocenters. The molecule has 0 fully saturated rings. The second-order valence-electron chi connectivity index (χ2n) is 4.38. The largest absolute Gasteiger partial charge is 0.373 e. The van der Waals surface area contributed by atoms with Gasteiger partial charge in [-0.15, -0.1) is 0 Å². The van der Waals surface area contributed by atoms with Gasteiger partial charge in [0, 0.05) is 27.7 Å². The molecule has 0 aliphatic rings. The third kappa shape index (κ3) is 3.59. The van der Waals surface area contributed by atoms with Gasteiger partial charge in [-0.2, -0.15) is 0 Å². The Kier molecular flexibility index (Phi) is 7.32. The average molecular weight is 254 g/mol. The van der Waals surface area contributed by atoms with Gasteiger partial charge in [-0.25, -0.2) is 0 Å². The van der Waals surface area contributed by atoms with Gasteiger partial charge < -0.3 is 9.80 Å². The van der Waals surface area contributed by atoms with Crippen LogP contribution in [0.5, 0.6) is 0 Å². The molecule has 1 aromatic carbocycles. The molecule has 1 rings (SSSR count). The van der Waals surface area contributed by atoms with Crippen molar-refractivity contribution in [1.29, 1.82) is 0 Å². The van der Waals surface area contributed by atoms with Crippen LogP contribution in [0.2, 0.25) is 0 Å². The number of hydrogen-bond acceptors (Lipinski definition) is 4. The second-order valence-corrected chi connectivity index (χ2v) is 4.38. The zero-order chi connectivity index (χ0) is 14.3. The first-order chi connectivity index (χ1) is 8.50. The van der Waals surface area contributed by atoms with Crippen molar-refractivity contribution >= 4 is 11.4 Å². The summed E-state index contributed by atoms with van der Waals surface area (Å²) in [7, 11) is 5.46. The molecule has 18 heavy (non-hydrogen) atoms.